The molecule has 7 nitrogen and oxygen atoms in total. The van der Waals surface area contributed by atoms with Crippen LogP contribution < -0.4 is 5.32 Å². The first-order valence-electron chi connectivity index (χ1n) is 11.9. The number of nitrogens with zero attached hydrogens (tertiary/aromatic N) is 3. The van der Waals surface area contributed by atoms with Crippen molar-refractivity contribution in [3.63, 3.8) is 0 Å². The molecule has 0 aliphatic carbocycles. The lowest BCUT2D eigenvalue weighted by molar-refractivity contribution is -0.117. The van der Waals surface area contributed by atoms with E-state index in [0.29, 0.717) is 23.7 Å². The van der Waals surface area contributed by atoms with Crippen LogP contribution in [0.25, 0.3) is 0 Å². The molecule has 1 saturated heterocycles. The molecule has 1 aromatic heterocycles. The lowest BCUT2D eigenvalue weighted by Crippen LogP contribution is -2.43. The van der Waals surface area contributed by atoms with E-state index in [0.717, 1.165) is 32.5 Å². The summed E-state index contributed by atoms with van der Waals surface area (Å²) in [5, 5.41) is 6.53. The van der Waals surface area contributed by atoms with Crippen molar-refractivity contribution in [3.05, 3.63) is 47.2 Å². The number of hydrogen-bond donors (Lipinski definition) is 1. The maximum absolute atomic E-state index is 13.3. The quantitative estimate of drug-likeness (QED) is 0.528. The topological polar surface area (TPSA) is 78.7 Å². The Hall–Kier alpha value is -2.67. The summed E-state index contributed by atoms with van der Waals surface area (Å²) in [6.07, 6.45) is 8.25. The molecular weight excluding hydrogens is 404 g/mol. The summed E-state index contributed by atoms with van der Waals surface area (Å²) in [6.45, 7) is 7.34. The van der Waals surface area contributed by atoms with Gasteiger partial charge in [0.15, 0.2) is 5.82 Å². The number of rotatable bonds is 11. The molecule has 0 atom stereocenters. The lowest BCUT2D eigenvalue weighted by Gasteiger charge is -2.30. The number of nitrogens with one attached hydrogen (secondary N) is 1. The molecule has 1 aliphatic heterocycles. The fraction of sp³-hybridized carbons (Fsp3) is 0.560. The van der Waals surface area contributed by atoms with Gasteiger partial charge < -0.3 is 19.6 Å². The van der Waals surface area contributed by atoms with Crippen molar-refractivity contribution < 1.29 is 14.1 Å². The van der Waals surface area contributed by atoms with Crippen LogP contribution in [0, 0.1) is 6.92 Å². The third kappa shape index (κ3) is 7.48. The molecule has 1 N–H and O–H groups in total. The third-order valence-electron chi connectivity index (χ3n) is 5.92. The molecule has 1 aliphatic rings. The molecule has 2 amide bonds. The molecule has 0 radical (unpaired) electrons. The zero-order chi connectivity index (χ0) is 22.8. The number of likely N-dealkylation sites (tertiary alicyclic amines) is 1. The molecule has 2 heterocycles. The molecule has 32 heavy (non-hydrogen) atoms. The van der Waals surface area contributed by atoms with Gasteiger partial charge in [0.25, 0.3) is 5.91 Å². The Morgan fingerprint density at radius 3 is 2.53 bits per heavy atom. The normalized spacial score (nSPS) is 14.3. The highest BCUT2D eigenvalue weighted by atomic mass is 16.5. The lowest BCUT2D eigenvalue weighted by atomic mass is 10.0. The summed E-state index contributed by atoms with van der Waals surface area (Å²) in [5.41, 5.74) is 1.86. The fourth-order valence-corrected chi connectivity index (χ4v) is 4.05. The van der Waals surface area contributed by atoms with Crippen molar-refractivity contribution in [3.8, 4) is 0 Å². The smallest absolute Gasteiger partial charge is 0.254 e. The number of amides is 2. The van der Waals surface area contributed by atoms with E-state index < -0.39 is 0 Å². The summed E-state index contributed by atoms with van der Waals surface area (Å²) in [5.74, 6) is 0.597. The van der Waals surface area contributed by atoms with Gasteiger partial charge in [-0.05, 0) is 63.4 Å². The number of aryl methyl sites for hydroxylation is 2. The van der Waals surface area contributed by atoms with Crippen LogP contribution in [-0.2, 0) is 11.2 Å². The Labute approximate surface area is 191 Å². The van der Waals surface area contributed by atoms with Gasteiger partial charge in [-0.3, -0.25) is 9.59 Å². The number of carbonyl (C=O) groups is 2. The molecule has 0 bridgehead atoms. The molecule has 0 saturated carbocycles. The average Bonchev–Trinajstić information content (AvgIpc) is 3.21. The van der Waals surface area contributed by atoms with E-state index >= 15 is 0 Å². The molecule has 0 spiro atoms. The predicted octanol–water partition coefficient (Wildman–Crippen LogP) is 4.28. The second-order valence-electron chi connectivity index (χ2n) is 8.65. The average molecular weight is 441 g/mol. The van der Waals surface area contributed by atoms with Crippen LogP contribution in [0.4, 0.5) is 5.82 Å². The Kier molecular flexibility index (Phi) is 9.28. The zero-order valence-corrected chi connectivity index (χ0v) is 19.4. The molecule has 0 unspecified atom stereocenters. The van der Waals surface area contributed by atoms with Gasteiger partial charge >= 0.3 is 0 Å². The minimum Gasteiger partial charge on any atom is -0.360 e. The Bertz CT molecular complexity index is 856. The van der Waals surface area contributed by atoms with E-state index in [-0.39, 0.29) is 18.4 Å². The molecule has 3 rings (SSSR count). The van der Waals surface area contributed by atoms with E-state index in [1.807, 2.05) is 24.3 Å². The number of unbranched alkanes of at least 4 members (excludes halogenated alkanes) is 2. The monoisotopic (exact) mass is 440 g/mol. The maximum Gasteiger partial charge on any atom is 0.254 e. The maximum atomic E-state index is 13.3. The van der Waals surface area contributed by atoms with Crippen LogP contribution in [-0.4, -0.2) is 59.5 Å². The van der Waals surface area contributed by atoms with Gasteiger partial charge in [-0.25, -0.2) is 0 Å². The summed E-state index contributed by atoms with van der Waals surface area (Å²) >= 11 is 0. The Morgan fingerprint density at radius 2 is 1.88 bits per heavy atom. The zero-order valence-electron chi connectivity index (χ0n) is 19.4. The predicted molar refractivity (Wildman–Crippen MR) is 126 cm³/mol. The van der Waals surface area contributed by atoms with Crippen LogP contribution in [0.15, 0.2) is 34.9 Å². The van der Waals surface area contributed by atoms with Crippen molar-refractivity contribution >= 4 is 17.6 Å². The van der Waals surface area contributed by atoms with Gasteiger partial charge in [-0.15, -0.1) is 0 Å². The van der Waals surface area contributed by atoms with Crippen LogP contribution >= 0.6 is 0 Å². The van der Waals surface area contributed by atoms with E-state index in [4.69, 9.17) is 4.52 Å². The number of hydrogen-bond acceptors (Lipinski definition) is 5. The van der Waals surface area contributed by atoms with Gasteiger partial charge in [0.1, 0.15) is 12.3 Å². The van der Waals surface area contributed by atoms with Gasteiger partial charge in [0, 0.05) is 24.7 Å². The minimum absolute atomic E-state index is 0.0170. The number of piperidine rings is 1. The second kappa shape index (κ2) is 12.4. The molecular formula is C25H36N4O3. The summed E-state index contributed by atoms with van der Waals surface area (Å²) in [7, 11) is 0. The number of benzene rings is 1. The van der Waals surface area contributed by atoms with Gasteiger partial charge in [0.2, 0.25) is 5.91 Å². The minimum atomic E-state index is -0.276. The summed E-state index contributed by atoms with van der Waals surface area (Å²) in [4.78, 5) is 29.9. The molecule has 174 valence electrons. The molecule has 1 fully saturated rings. The first-order valence-corrected chi connectivity index (χ1v) is 11.9. The number of aromatic nitrogens is 1. The third-order valence-corrected chi connectivity index (χ3v) is 5.92. The van der Waals surface area contributed by atoms with Gasteiger partial charge in [0.05, 0.1) is 0 Å². The highest BCUT2D eigenvalue weighted by Crippen LogP contribution is 2.13. The SMILES string of the molecule is CCCCCc1ccc(C(=O)N(CCN2CCCCC2)CC(=O)Nc2cc(C)on2)cc1. The van der Waals surface area contributed by atoms with Crippen LogP contribution in [0.3, 0.4) is 0 Å². The second-order valence-corrected chi connectivity index (χ2v) is 8.65. The van der Waals surface area contributed by atoms with Crippen molar-refractivity contribution in [2.75, 3.05) is 38.0 Å². The summed E-state index contributed by atoms with van der Waals surface area (Å²) in [6, 6.07) is 9.50. The Morgan fingerprint density at radius 1 is 1.12 bits per heavy atom. The van der Waals surface area contributed by atoms with E-state index in [1.165, 1.54) is 37.7 Å². The van der Waals surface area contributed by atoms with Crippen LogP contribution in [0.5, 0.6) is 0 Å². The van der Waals surface area contributed by atoms with Crippen molar-refractivity contribution in [2.45, 2.75) is 58.8 Å². The first-order chi connectivity index (χ1) is 15.5. The number of carbonyl (C=O) groups excluding carboxylic acids is 2. The largest absolute Gasteiger partial charge is 0.360 e. The van der Waals surface area contributed by atoms with Crippen molar-refractivity contribution in [1.82, 2.24) is 15.0 Å². The highest BCUT2D eigenvalue weighted by molar-refractivity contribution is 5.99. The van der Waals surface area contributed by atoms with Crippen LogP contribution in [0.2, 0.25) is 0 Å². The number of anilines is 1. The standard InChI is InChI=1S/C25H36N4O3/c1-3-4-6-9-21-10-12-22(13-11-21)25(31)29(17-16-28-14-7-5-8-15-28)19-24(30)26-23-18-20(2)32-27-23/h10-13,18H,3-9,14-17,19H2,1-2H3,(H,26,27,30). The molecule has 1 aromatic carbocycles. The van der Waals surface area contributed by atoms with E-state index in [1.54, 1.807) is 17.9 Å². The molecule has 7 heteroatoms. The molecule has 2 aromatic rings. The highest BCUT2D eigenvalue weighted by Gasteiger charge is 2.21. The van der Waals surface area contributed by atoms with Crippen LogP contribution in [0.1, 0.15) is 67.1 Å². The van der Waals surface area contributed by atoms with Crippen molar-refractivity contribution in [2.24, 2.45) is 0 Å². The van der Waals surface area contributed by atoms with Gasteiger partial charge in [-0.1, -0.05) is 43.5 Å². The van der Waals surface area contributed by atoms with Crippen molar-refractivity contribution in [1.29, 1.82) is 0 Å². The fourth-order valence-electron chi connectivity index (χ4n) is 4.05. The van der Waals surface area contributed by atoms with E-state index in [9.17, 15) is 9.59 Å². The van der Waals surface area contributed by atoms with E-state index in [2.05, 4.69) is 22.3 Å². The first kappa shape index (κ1) is 24.0. The Balaban J connectivity index is 1.64. The summed E-state index contributed by atoms with van der Waals surface area (Å²) < 4.78 is 5.01. The van der Waals surface area contributed by atoms with Gasteiger partial charge in [-0.2, -0.15) is 0 Å².